The fourth-order valence-electron chi connectivity index (χ4n) is 4.27. The smallest absolute Gasteiger partial charge is 0.238 e. The summed E-state index contributed by atoms with van der Waals surface area (Å²) in [6.07, 6.45) is 1.01. The van der Waals surface area contributed by atoms with Crippen molar-refractivity contribution >= 4 is 22.9 Å². The average Bonchev–Trinajstić information content (AvgIpc) is 3.18. The number of nitrogens with zero attached hydrogens (tertiary/aromatic N) is 1. The van der Waals surface area contributed by atoms with Gasteiger partial charge in [0, 0.05) is 17.1 Å². The van der Waals surface area contributed by atoms with Gasteiger partial charge >= 0.3 is 0 Å². The second-order valence-electron chi connectivity index (χ2n) is 8.07. The Bertz CT molecular complexity index is 993. The van der Waals surface area contributed by atoms with Crippen molar-refractivity contribution < 1.29 is 4.79 Å². The van der Waals surface area contributed by atoms with E-state index >= 15 is 0 Å². The molecule has 2 heterocycles. The molecule has 29 heavy (non-hydrogen) atoms. The maximum Gasteiger partial charge on any atom is 0.238 e. The van der Waals surface area contributed by atoms with E-state index in [0.717, 1.165) is 24.2 Å². The number of para-hydroxylation sites is 1. The van der Waals surface area contributed by atoms with E-state index in [-0.39, 0.29) is 11.9 Å². The number of thiophene rings is 1. The third-order valence-corrected chi connectivity index (χ3v) is 6.72. The lowest BCUT2D eigenvalue weighted by Gasteiger charge is -2.36. The van der Waals surface area contributed by atoms with Gasteiger partial charge < -0.3 is 5.32 Å². The van der Waals surface area contributed by atoms with Crippen molar-refractivity contribution in [3.63, 3.8) is 0 Å². The molecule has 0 saturated carbocycles. The van der Waals surface area contributed by atoms with Crippen LogP contribution in [-0.2, 0) is 11.2 Å². The van der Waals surface area contributed by atoms with Gasteiger partial charge in [-0.3, -0.25) is 9.69 Å². The first kappa shape index (κ1) is 19.9. The van der Waals surface area contributed by atoms with Crippen LogP contribution in [0.25, 0.3) is 0 Å². The zero-order chi connectivity index (χ0) is 20.4. The second-order valence-corrected chi connectivity index (χ2v) is 9.08. The molecule has 1 atom stereocenters. The fourth-order valence-corrected chi connectivity index (χ4v) is 5.17. The first-order valence-electron chi connectivity index (χ1n) is 10.3. The van der Waals surface area contributed by atoms with Crippen LogP contribution in [0, 0.1) is 6.92 Å². The van der Waals surface area contributed by atoms with Crippen LogP contribution in [0.1, 0.15) is 52.9 Å². The molecule has 3 nitrogen and oxygen atoms in total. The number of benzene rings is 2. The number of hydrogen-bond donors (Lipinski definition) is 1. The van der Waals surface area contributed by atoms with Crippen molar-refractivity contribution in [1.29, 1.82) is 0 Å². The largest absolute Gasteiger partial charge is 0.324 e. The molecular weight excluding hydrogens is 376 g/mol. The van der Waals surface area contributed by atoms with Crippen LogP contribution in [0.4, 0.5) is 5.69 Å². The Morgan fingerprint density at radius 2 is 1.93 bits per heavy atom. The molecule has 0 unspecified atom stereocenters. The highest BCUT2D eigenvalue weighted by molar-refractivity contribution is 7.10. The molecule has 4 heteroatoms. The van der Waals surface area contributed by atoms with E-state index in [0.29, 0.717) is 12.5 Å². The number of anilines is 1. The van der Waals surface area contributed by atoms with Crippen molar-refractivity contribution in [3.05, 3.63) is 87.1 Å². The molecule has 150 valence electrons. The molecule has 0 fully saturated rings. The summed E-state index contributed by atoms with van der Waals surface area (Å²) in [5, 5.41) is 5.39. The summed E-state index contributed by atoms with van der Waals surface area (Å²) in [5.41, 5.74) is 5.87. The van der Waals surface area contributed by atoms with Crippen molar-refractivity contribution in [2.24, 2.45) is 0 Å². The zero-order valence-corrected chi connectivity index (χ0v) is 18.1. The Balaban J connectivity index is 1.58. The van der Waals surface area contributed by atoms with Gasteiger partial charge in [0.15, 0.2) is 0 Å². The predicted octanol–water partition coefficient (Wildman–Crippen LogP) is 5.77. The average molecular weight is 405 g/mol. The minimum atomic E-state index is 0.0563. The number of carbonyl (C=O) groups is 1. The summed E-state index contributed by atoms with van der Waals surface area (Å²) < 4.78 is 0. The summed E-state index contributed by atoms with van der Waals surface area (Å²) in [4.78, 5) is 16.8. The lowest BCUT2D eigenvalue weighted by molar-refractivity contribution is -0.117. The van der Waals surface area contributed by atoms with E-state index in [1.165, 1.54) is 21.6 Å². The Hall–Kier alpha value is -2.43. The van der Waals surface area contributed by atoms with Gasteiger partial charge in [-0.2, -0.15) is 0 Å². The standard InChI is InChI=1S/C25H28N2OS/c1-17(2)20-11-7-8-18(3)24(20)26-23(28)16-27-14-12-22-21(13-15-29-22)25(27)19-9-5-4-6-10-19/h4-11,13,15,17,25H,12,14,16H2,1-3H3,(H,26,28)/t25-/m1/s1. The Morgan fingerprint density at radius 1 is 1.14 bits per heavy atom. The van der Waals surface area contributed by atoms with Crippen LogP contribution >= 0.6 is 11.3 Å². The summed E-state index contributed by atoms with van der Waals surface area (Å²) in [7, 11) is 0. The maximum absolute atomic E-state index is 13.1. The highest BCUT2D eigenvalue weighted by atomic mass is 32.1. The summed E-state index contributed by atoms with van der Waals surface area (Å²) in [5.74, 6) is 0.423. The lowest BCUT2D eigenvalue weighted by atomic mass is 9.93. The first-order chi connectivity index (χ1) is 14.0. The van der Waals surface area contributed by atoms with Crippen molar-refractivity contribution in [1.82, 2.24) is 4.90 Å². The molecule has 1 aliphatic heterocycles. The van der Waals surface area contributed by atoms with Gasteiger partial charge in [-0.25, -0.2) is 0 Å². The summed E-state index contributed by atoms with van der Waals surface area (Å²) >= 11 is 1.83. The quantitative estimate of drug-likeness (QED) is 0.586. The molecule has 1 N–H and O–H groups in total. The molecule has 2 aromatic carbocycles. The molecule has 0 radical (unpaired) electrons. The van der Waals surface area contributed by atoms with Gasteiger partial charge in [-0.15, -0.1) is 11.3 Å². The van der Waals surface area contributed by atoms with E-state index in [2.05, 4.69) is 84.9 Å². The van der Waals surface area contributed by atoms with Crippen LogP contribution in [0.5, 0.6) is 0 Å². The topological polar surface area (TPSA) is 32.3 Å². The molecule has 1 aliphatic rings. The zero-order valence-electron chi connectivity index (χ0n) is 17.3. The van der Waals surface area contributed by atoms with E-state index < -0.39 is 0 Å². The SMILES string of the molecule is Cc1cccc(C(C)C)c1NC(=O)CN1CCc2sccc2[C@H]1c1ccccc1. The number of carbonyl (C=O) groups excluding carboxylic acids is 1. The molecule has 0 aliphatic carbocycles. The van der Waals surface area contributed by atoms with Crippen molar-refractivity contribution in [3.8, 4) is 0 Å². The maximum atomic E-state index is 13.1. The van der Waals surface area contributed by atoms with Gasteiger partial charge in [-0.05, 0) is 53.0 Å². The molecule has 4 rings (SSSR count). The highest BCUT2D eigenvalue weighted by Crippen LogP contribution is 2.37. The molecule has 0 bridgehead atoms. The minimum absolute atomic E-state index is 0.0563. The Labute approximate surface area is 177 Å². The molecule has 3 aromatic rings. The Morgan fingerprint density at radius 3 is 2.69 bits per heavy atom. The van der Waals surface area contributed by atoms with Crippen LogP contribution in [0.2, 0.25) is 0 Å². The van der Waals surface area contributed by atoms with Gasteiger partial charge in [0.25, 0.3) is 0 Å². The molecule has 1 amide bonds. The number of aryl methyl sites for hydroxylation is 1. The minimum Gasteiger partial charge on any atom is -0.324 e. The number of rotatable bonds is 5. The monoisotopic (exact) mass is 404 g/mol. The van der Waals surface area contributed by atoms with Crippen LogP contribution in [0.15, 0.2) is 60.0 Å². The normalized spacial score (nSPS) is 16.6. The third kappa shape index (κ3) is 4.14. The summed E-state index contributed by atoms with van der Waals surface area (Å²) in [6, 6.07) is 19.1. The number of fused-ring (bicyclic) bond motifs is 1. The fraction of sp³-hybridized carbons (Fsp3) is 0.320. The predicted molar refractivity (Wildman–Crippen MR) is 122 cm³/mol. The van der Waals surface area contributed by atoms with Gasteiger partial charge in [0.05, 0.1) is 12.6 Å². The molecular formula is C25H28N2OS. The number of amides is 1. The van der Waals surface area contributed by atoms with E-state index in [9.17, 15) is 4.79 Å². The number of nitrogens with one attached hydrogen (secondary N) is 1. The van der Waals surface area contributed by atoms with E-state index in [1.54, 1.807) is 0 Å². The van der Waals surface area contributed by atoms with E-state index in [1.807, 2.05) is 17.4 Å². The highest BCUT2D eigenvalue weighted by Gasteiger charge is 2.30. The van der Waals surface area contributed by atoms with Gasteiger partial charge in [0.2, 0.25) is 5.91 Å². The van der Waals surface area contributed by atoms with Crippen LogP contribution in [0.3, 0.4) is 0 Å². The molecule has 0 spiro atoms. The first-order valence-corrected chi connectivity index (χ1v) is 11.2. The van der Waals surface area contributed by atoms with Crippen LogP contribution < -0.4 is 5.32 Å². The van der Waals surface area contributed by atoms with Crippen LogP contribution in [-0.4, -0.2) is 23.9 Å². The Kier molecular flexibility index (Phi) is 5.84. The van der Waals surface area contributed by atoms with E-state index in [4.69, 9.17) is 0 Å². The van der Waals surface area contributed by atoms with Crippen molar-refractivity contribution in [2.75, 3.05) is 18.4 Å². The summed E-state index contributed by atoms with van der Waals surface area (Å²) in [6.45, 7) is 7.68. The van der Waals surface area contributed by atoms with Gasteiger partial charge in [0.1, 0.15) is 0 Å². The second kappa shape index (κ2) is 8.52. The lowest BCUT2D eigenvalue weighted by Crippen LogP contribution is -2.40. The molecule has 0 saturated heterocycles. The number of hydrogen-bond acceptors (Lipinski definition) is 3. The van der Waals surface area contributed by atoms with Crippen molar-refractivity contribution in [2.45, 2.75) is 39.2 Å². The third-order valence-electron chi connectivity index (χ3n) is 5.72. The van der Waals surface area contributed by atoms with Gasteiger partial charge in [-0.1, -0.05) is 62.4 Å². The molecule has 1 aromatic heterocycles.